The normalized spacial score (nSPS) is 21.2. The molecule has 2 unspecified atom stereocenters. The predicted molar refractivity (Wildman–Crippen MR) is 173 cm³/mol. The van der Waals surface area contributed by atoms with Crippen LogP contribution in [-0.2, 0) is 4.79 Å². The summed E-state index contributed by atoms with van der Waals surface area (Å²) >= 11 is 0. The third-order valence-electron chi connectivity index (χ3n) is 8.65. The van der Waals surface area contributed by atoms with Crippen LogP contribution in [0.1, 0.15) is 111 Å². The van der Waals surface area contributed by atoms with E-state index in [-0.39, 0.29) is 5.91 Å². The summed E-state index contributed by atoms with van der Waals surface area (Å²) in [6.45, 7) is 16.9. The van der Waals surface area contributed by atoms with Crippen molar-refractivity contribution in [2.24, 2.45) is 27.2 Å². The van der Waals surface area contributed by atoms with E-state index in [1.807, 2.05) is 17.3 Å². The molecule has 0 saturated heterocycles. The number of allylic oxidation sites excluding steroid dienone is 1. The number of carbonyl (C=O) groups excluding carboxylic acids is 1. The maximum atomic E-state index is 14.5. The Morgan fingerprint density at radius 1 is 1.12 bits per heavy atom. The number of nitrogens with one attached hydrogen (secondary N) is 1. The molecule has 0 bridgehead atoms. The lowest BCUT2D eigenvalue weighted by Crippen LogP contribution is -2.51. The van der Waals surface area contributed by atoms with Crippen molar-refractivity contribution in [3.63, 3.8) is 0 Å². The van der Waals surface area contributed by atoms with Crippen LogP contribution in [0.3, 0.4) is 0 Å². The number of hydrogen-bond donors (Lipinski definition) is 1. The van der Waals surface area contributed by atoms with Crippen molar-refractivity contribution in [3.05, 3.63) is 46.8 Å². The van der Waals surface area contributed by atoms with Crippen molar-refractivity contribution >= 4 is 29.7 Å². The van der Waals surface area contributed by atoms with E-state index in [4.69, 9.17) is 4.99 Å². The standard InChI is InChI=1S/C35H54N4O/c1-8-12-14-33(37-23-29-15-16-29)38-24-30-25-39(31-17-18-32(27(6)21-31)36-20-13-9-2)34(40)35(19-10-3,28(30)7)22-26(5)11-4/h14,17-18,20-21,24,26,29,37H,8-13,15-16,19,22-23,25H2,1-7H3/b33-14+,36-20?,38-24?. The van der Waals surface area contributed by atoms with Gasteiger partial charge in [-0.3, -0.25) is 9.79 Å². The summed E-state index contributed by atoms with van der Waals surface area (Å²) in [6, 6.07) is 6.27. The molecule has 5 heteroatoms. The van der Waals surface area contributed by atoms with Crippen molar-refractivity contribution < 1.29 is 4.79 Å². The number of carbonyl (C=O) groups is 1. The Bertz CT molecular complexity index is 1110. The molecule has 3 rings (SSSR count). The quantitative estimate of drug-likeness (QED) is 0.210. The number of nitrogens with zero attached hydrogens (tertiary/aromatic N) is 3. The molecule has 1 fully saturated rings. The van der Waals surface area contributed by atoms with Crippen molar-refractivity contribution in [1.29, 1.82) is 0 Å². The molecule has 1 aliphatic heterocycles. The zero-order valence-corrected chi connectivity index (χ0v) is 26.4. The van der Waals surface area contributed by atoms with Crippen molar-refractivity contribution in [1.82, 2.24) is 5.32 Å². The van der Waals surface area contributed by atoms with Gasteiger partial charge in [0.15, 0.2) is 0 Å². The highest BCUT2D eigenvalue weighted by atomic mass is 16.2. The summed E-state index contributed by atoms with van der Waals surface area (Å²) in [5.41, 5.74) is 4.88. The highest BCUT2D eigenvalue weighted by molar-refractivity contribution is 6.04. The summed E-state index contributed by atoms with van der Waals surface area (Å²) < 4.78 is 0. The molecule has 0 radical (unpaired) electrons. The van der Waals surface area contributed by atoms with E-state index < -0.39 is 5.41 Å². The molecule has 1 N–H and O–H groups in total. The van der Waals surface area contributed by atoms with Crippen molar-refractivity contribution in [2.75, 3.05) is 18.0 Å². The Morgan fingerprint density at radius 3 is 2.50 bits per heavy atom. The maximum Gasteiger partial charge on any atom is 0.237 e. The fourth-order valence-electron chi connectivity index (χ4n) is 5.65. The lowest BCUT2D eigenvalue weighted by molar-refractivity contribution is -0.128. The number of benzene rings is 1. The number of rotatable bonds is 16. The summed E-state index contributed by atoms with van der Waals surface area (Å²) in [5.74, 6) is 2.44. The molecule has 1 saturated carbocycles. The van der Waals surface area contributed by atoms with Gasteiger partial charge in [-0.15, -0.1) is 0 Å². The van der Waals surface area contributed by atoms with Crippen LogP contribution >= 0.6 is 0 Å². The smallest absolute Gasteiger partial charge is 0.237 e. The number of aliphatic imine (C=N–C) groups is 2. The Balaban J connectivity index is 2.03. The van der Waals surface area contributed by atoms with Crippen molar-refractivity contribution in [2.45, 2.75) is 113 Å². The maximum absolute atomic E-state index is 14.5. The Labute approximate surface area is 244 Å². The zero-order valence-electron chi connectivity index (χ0n) is 26.4. The molecule has 1 aromatic carbocycles. The van der Waals surface area contributed by atoms with Gasteiger partial charge in [-0.25, -0.2) is 4.99 Å². The van der Waals surface area contributed by atoms with E-state index in [9.17, 15) is 4.79 Å². The first-order valence-electron chi connectivity index (χ1n) is 15.9. The minimum absolute atomic E-state index is 0.236. The monoisotopic (exact) mass is 546 g/mol. The topological polar surface area (TPSA) is 57.1 Å². The van der Waals surface area contributed by atoms with Gasteiger partial charge in [0.2, 0.25) is 5.91 Å². The number of anilines is 1. The van der Waals surface area contributed by atoms with E-state index >= 15 is 0 Å². The third-order valence-corrected chi connectivity index (χ3v) is 8.65. The summed E-state index contributed by atoms with van der Waals surface area (Å²) in [5, 5.41) is 3.59. The van der Waals surface area contributed by atoms with Crippen LogP contribution in [-0.4, -0.2) is 31.4 Å². The Morgan fingerprint density at radius 2 is 1.88 bits per heavy atom. The molecule has 0 aromatic heterocycles. The fourth-order valence-corrected chi connectivity index (χ4v) is 5.65. The molecule has 1 aromatic rings. The van der Waals surface area contributed by atoms with E-state index in [0.29, 0.717) is 12.5 Å². The summed E-state index contributed by atoms with van der Waals surface area (Å²) in [7, 11) is 0. The molecule has 2 aliphatic rings. The first-order valence-corrected chi connectivity index (χ1v) is 15.9. The Kier molecular flexibility index (Phi) is 12.2. The molecule has 1 amide bonds. The summed E-state index contributed by atoms with van der Waals surface area (Å²) in [4.78, 5) is 26.2. The SMILES string of the molecule is CCCC=Nc1ccc(N2CC(C=N/C(=C/CCC)NCC3CC3)=C(C)C(CCC)(CC(C)CC)C2=O)cc1C. The fraction of sp³-hybridized carbons (Fsp3) is 0.629. The van der Waals surface area contributed by atoms with Gasteiger partial charge in [0.1, 0.15) is 5.82 Å². The molecular weight excluding hydrogens is 492 g/mol. The van der Waals surface area contributed by atoms with Gasteiger partial charge in [0.25, 0.3) is 0 Å². The number of amides is 1. The second kappa shape index (κ2) is 15.3. The number of hydrogen-bond acceptors (Lipinski definition) is 4. The number of aryl methyl sites for hydroxylation is 1. The first-order chi connectivity index (χ1) is 19.3. The second-order valence-electron chi connectivity index (χ2n) is 12.1. The van der Waals surface area contributed by atoms with E-state index in [1.165, 1.54) is 18.4 Å². The second-order valence-corrected chi connectivity index (χ2v) is 12.1. The van der Waals surface area contributed by atoms with Crippen LogP contribution in [0.15, 0.2) is 51.2 Å². The van der Waals surface area contributed by atoms with Gasteiger partial charge in [-0.05, 0) is 99.6 Å². The van der Waals surface area contributed by atoms with Gasteiger partial charge in [0, 0.05) is 24.7 Å². The molecule has 0 spiro atoms. The lowest BCUT2D eigenvalue weighted by atomic mass is 9.66. The highest BCUT2D eigenvalue weighted by Crippen LogP contribution is 2.46. The minimum atomic E-state index is -0.510. The molecular formula is C35H54N4O. The van der Waals surface area contributed by atoms with Gasteiger partial charge < -0.3 is 10.2 Å². The molecule has 1 aliphatic carbocycles. The highest BCUT2D eigenvalue weighted by Gasteiger charge is 2.47. The predicted octanol–water partition coefficient (Wildman–Crippen LogP) is 9.10. The Hall–Kier alpha value is -2.69. The molecule has 5 nitrogen and oxygen atoms in total. The molecule has 2 atom stereocenters. The van der Waals surface area contributed by atoms with E-state index in [0.717, 1.165) is 92.2 Å². The van der Waals surface area contributed by atoms with Gasteiger partial charge in [-0.1, -0.05) is 65.9 Å². The van der Waals surface area contributed by atoms with Crippen LogP contribution in [0, 0.1) is 24.2 Å². The molecule has 220 valence electrons. The van der Waals surface area contributed by atoms with Crippen LogP contribution in [0.2, 0.25) is 0 Å². The lowest BCUT2D eigenvalue weighted by Gasteiger charge is -2.44. The minimum Gasteiger partial charge on any atom is -0.370 e. The van der Waals surface area contributed by atoms with Gasteiger partial charge in [-0.2, -0.15) is 0 Å². The van der Waals surface area contributed by atoms with Crippen molar-refractivity contribution in [3.8, 4) is 0 Å². The van der Waals surface area contributed by atoms with E-state index in [1.54, 1.807) is 0 Å². The zero-order chi connectivity index (χ0) is 29.1. The molecule has 1 heterocycles. The average molecular weight is 547 g/mol. The third kappa shape index (κ3) is 8.17. The molecule has 40 heavy (non-hydrogen) atoms. The summed E-state index contributed by atoms with van der Waals surface area (Å²) in [6.07, 6.45) is 16.8. The van der Waals surface area contributed by atoms with Gasteiger partial charge in [0.05, 0.1) is 17.6 Å². The largest absolute Gasteiger partial charge is 0.370 e. The average Bonchev–Trinajstić information content (AvgIpc) is 3.78. The first kappa shape index (κ1) is 31.8. The van der Waals surface area contributed by atoms with Crippen LogP contribution in [0.25, 0.3) is 0 Å². The van der Waals surface area contributed by atoms with Gasteiger partial charge >= 0.3 is 0 Å². The van der Waals surface area contributed by atoms with Crippen LogP contribution in [0.5, 0.6) is 0 Å². The van der Waals surface area contributed by atoms with E-state index in [2.05, 4.69) is 83.1 Å². The van der Waals surface area contributed by atoms with Crippen LogP contribution < -0.4 is 10.2 Å². The van der Waals surface area contributed by atoms with Crippen LogP contribution in [0.4, 0.5) is 11.4 Å². The number of unbranched alkanes of at least 4 members (excludes halogenated alkanes) is 2.